The fourth-order valence-corrected chi connectivity index (χ4v) is 8.42. The van der Waals surface area contributed by atoms with E-state index >= 15 is 0 Å². The first-order valence-corrected chi connectivity index (χ1v) is 12.3. The molecule has 3 saturated carbocycles. The quantitative estimate of drug-likeness (QED) is 0.593. The van der Waals surface area contributed by atoms with Gasteiger partial charge in [-0.15, -0.1) is 0 Å². The summed E-state index contributed by atoms with van der Waals surface area (Å²) in [6, 6.07) is 0. The number of esters is 2. The van der Waals surface area contributed by atoms with Gasteiger partial charge in [0.1, 0.15) is 5.60 Å². The van der Waals surface area contributed by atoms with Gasteiger partial charge in [-0.25, -0.2) is 0 Å². The molecule has 4 aliphatic carbocycles. The van der Waals surface area contributed by atoms with Crippen LogP contribution in [-0.4, -0.2) is 29.4 Å². The summed E-state index contributed by atoms with van der Waals surface area (Å²) in [6.07, 6.45) is 9.10. The number of hydrogen-bond acceptors (Lipinski definition) is 5. The maximum absolute atomic E-state index is 13.4. The van der Waals surface area contributed by atoms with Crippen LogP contribution in [0.2, 0.25) is 0 Å². The molecule has 7 atom stereocenters. The minimum absolute atomic E-state index is 0.0172. The first-order valence-electron chi connectivity index (χ1n) is 12.3. The molecule has 31 heavy (non-hydrogen) atoms. The number of ether oxygens (including phenoxy) is 2. The van der Waals surface area contributed by atoms with E-state index in [2.05, 4.69) is 13.8 Å². The van der Waals surface area contributed by atoms with Crippen LogP contribution in [0.4, 0.5) is 0 Å². The average Bonchev–Trinajstić information content (AvgIpc) is 3.22. The third-order valence-electron chi connectivity index (χ3n) is 10.0. The van der Waals surface area contributed by atoms with Crippen LogP contribution in [0, 0.1) is 34.5 Å². The van der Waals surface area contributed by atoms with E-state index in [1.165, 1.54) is 5.57 Å². The van der Waals surface area contributed by atoms with Crippen LogP contribution in [0.5, 0.6) is 0 Å². The predicted octanol–water partition coefficient (Wildman–Crippen LogP) is 4.77. The lowest BCUT2D eigenvalue weighted by Crippen LogP contribution is -2.58. The molecule has 0 aromatic heterocycles. The number of fused-ring (bicyclic) bond motifs is 6. The molecule has 5 heteroatoms. The van der Waals surface area contributed by atoms with Gasteiger partial charge in [-0.1, -0.05) is 19.4 Å². The fraction of sp³-hybridized carbons (Fsp3) is 0.808. The lowest BCUT2D eigenvalue weighted by molar-refractivity contribution is -0.180. The van der Waals surface area contributed by atoms with Crippen LogP contribution >= 0.6 is 0 Å². The molecule has 1 heterocycles. The van der Waals surface area contributed by atoms with Crippen LogP contribution in [0.25, 0.3) is 0 Å². The number of allylic oxidation sites excluding steroid dienone is 1. The molecule has 0 amide bonds. The summed E-state index contributed by atoms with van der Waals surface area (Å²) >= 11 is 0. The van der Waals surface area contributed by atoms with E-state index in [1.54, 1.807) is 0 Å². The molecule has 0 bridgehead atoms. The van der Waals surface area contributed by atoms with Gasteiger partial charge in [-0.3, -0.25) is 14.4 Å². The van der Waals surface area contributed by atoms with Crippen molar-refractivity contribution in [2.24, 2.45) is 34.5 Å². The number of carbonyl (C=O) groups is 3. The molecule has 0 aromatic rings. The fourth-order valence-electron chi connectivity index (χ4n) is 8.42. The molecule has 1 spiro atoms. The topological polar surface area (TPSA) is 69.7 Å². The molecule has 4 unspecified atom stereocenters. The Morgan fingerprint density at radius 1 is 1.06 bits per heavy atom. The summed E-state index contributed by atoms with van der Waals surface area (Å²) in [5.41, 5.74) is 0.709. The Morgan fingerprint density at radius 3 is 2.48 bits per heavy atom. The third-order valence-corrected chi connectivity index (χ3v) is 10.0. The highest BCUT2D eigenvalue weighted by atomic mass is 16.6. The van der Waals surface area contributed by atoms with Gasteiger partial charge >= 0.3 is 11.9 Å². The van der Waals surface area contributed by atoms with Crippen molar-refractivity contribution in [2.75, 3.05) is 0 Å². The summed E-state index contributed by atoms with van der Waals surface area (Å²) in [5.74, 6) is 0.744. The van der Waals surface area contributed by atoms with Gasteiger partial charge < -0.3 is 9.47 Å². The van der Waals surface area contributed by atoms with Crippen LogP contribution in [-0.2, 0) is 23.9 Å². The Bertz CT molecular complexity index is 858. The molecule has 1 aliphatic heterocycles. The highest BCUT2D eigenvalue weighted by Crippen LogP contribution is 2.70. The SMILES string of the molecule is CC(C)OC(=O)C1CC2=CC(=O)CC[C@]2(C)C2CC[C@@]3(C)C(CC[C@@]34CCC(=O)O4)C12. The monoisotopic (exact) mass is 428 g/mol. The van der Waals surface area contributed by atoms with E-state index in [9.17, 15) is 14.4 Å². The minimum Gasteiger partial charge on any atom is -0.463 e. The normalized spacial score (nSPS) is 46.3. The van der Waals surface area contributed by atoms with Crippen molar-refractivity contribution in [3.05, 3.63) is 11.6 Å². The summed E-state index contributed by atoms with van der Waals surface area (Å²) in [4.78, 5) is 37.8. The standard InChI is InChI=1S/C26H36O5/c1-15(2)30-23(29)18-14-16-13-17(27)5-9-24(16,3)19-6-10-25(4)20(22(18)19)7-11-26(25)12-8-21(28)31-26/h13,15,18-20,22H,5-12,14H2,1-4H3/t18?,19?,20?,22?,24-,25-,26+/m0/s1. The molecule has 5 nitrogen and oxygen atoms in total. The van der Waals surface area contributed by atoms with E-state index in [1.807, 2.05) is 19.9 Å². The van der Waals surface area contributed by atoms with E-state index in [4.69, 9.17) is 9.47 Å². The summed E-state index contributed by atoms with van der Waals surface area (Å²) in [5, 5.41) is 0. The van der Waals surface area contributed by atoms with Crippen molar-refractivity contribution in [2.45, 2.75) is 97.2 Å². The summed E-state index contributed by atoms with van der Waals surface area (Å²) in [7, 11) is 0. The van der Waals surface area contributed by atoms with Crippen molar-refractivity contribution < 1.29 is 23.9 Å². The van der Waals surface area contributed by atoms with Gasteiger partial charge in [0, 0.05) is 18.3 Å². The molecule has 5 aliphatic rings. The number of rotatable bonds is 2. The van der Waals surface area contributed by atoms with Gasteiger partial charge in [0.25, 0.3) is 0 Å². The van der Waals surface area contributed by atoms with Gasteiger partial charge in [-0.2, -0.15) is 0 Å². The van der Waals surface area contributed by atoms with Gasteiger partial charge in [0.15, 0.2) is 5.78 Å². The van der Waals surface area contributed by atoms with Crippen LogP contribution < -0.4 is 0 Å². The molecule has 170 valence electrons. The second-order valence-corrected chi connectivity index (χ2v) is 11.6. The maximum atomic E-state index is 13.4. The Hall–Kier alpha value is -1.65. The van der Waals surface area contributed by atoms with Crippen molar-refractivity contribution in [1.29, 1.82) is 0 Å². The molecule has 5 rings (SSSR count). The van der Waals surface area contributed by atoms with Gasteiger partial charge in [0.2, 0.25) is 0 Å². The molecule has 4 fully saturated rings. The van der Waals surface area contributed by atoms with Crippen LogP contribution in [0.3, 0.4) is 0 Å². The number of carbonyl (C=O) groups excluding carboxylic acids is 3. The third kappa shape index (κ3) is 2.90. The Labute approximate surface area is 185 Å². The number of ketones is 1. The molecule has 0 N–H and O–H groups in total. The number of hydrogen-bond donors (Lipinski definition) is 0. The molecule has 0 radical (unpaired) electrons. The van der Waals surface area contributed by atoms with Gasteiger partial charge in [-0.05, 0) is 88.0 Å². The van der Waals surface area contributed by atoms with Gasteiger partial charge in [0.05, 0.1) is 12.0 Å². The van der Waals surface area contributed by atoms with Crippen LogP contribution in [0.15, 0.2) is 11.6 Å². The minimum atomic E-state index is -0.355. The first kappa shape index (κ1) is 21.2. The molecule has 0 aromatic carbocycles. The average molecular weight is 429 g/mol. The molecular weight excluding hydrogens is 392 g/mol. The first-order chi connectivity index (χ1) is 14.6. The smallest absolute Gasteiger partial charge is 0.309 e. The maximum Gasteiger partial charge on any atom is 0.309 e. The lowest BCUT2D eigenvalue weighted by atomic mass is 9.44. The second kappa shape index (κ2) is 6.92. The summed E-state index contributed by atoms with van der Waals surface area (Å²) in [6.45, 7) is 8.46. The van der Waals surface area contributed by atoms with E-state index in [0.717, 1.165) is 38.5 Å². The Morgan fingerprint density at radius 2 is 1.81 bits per heavy atom. The lowest BCUT2D eigenvalue weighted by Gasteiger charge is -2.60. The Kier molecular flexibility index (Phi) is 4.74. The zero-order valence-corrected chi connectivity index (χ0v) is 19.4. The zero-order chi connectivity index (χ0) is 22.2. The highest BCUT2D eigenvalue weighted by Gasteiger charge is 2.69. The Balaban J connectivity index is 1.56. The van der Waals surface area contributed by atoms with E-state index in [-0.39, 0.29) is 52.1 Å². The van der Waals surface area contributed by atoms with Crippen molar-refractivity contribution in [3.63, 3.8) is 0 Å². The van der Waals surface area contributed by atoms with E-state index in [0.29, 0.717) is 31.1 Å². The molecule has 1 saturated heterocycles. The summed E-state index contributed by atoms with van der Waals surface area (Å²) < 4.78 is 11.8. The zero-order valence-electron chi connectivity index (χ0n) is 19.4. The highest BCUT2D eigenvalue weighted by molar-refractivity contribution is 5.92. The van der Waals surface area contributed by atoms with Crippen molar-refractivity contribution in [1.82, 2.24) is 0 Å². The van der Waals surface area contributed by atoms with E-state index < -0.39 is 0 Å². The molecular formula is C26H36O5. The van der Waals surface area contributed by atoms with Crippen LogP contribution in [0.1, 0.15) is 85.5 Å². The van der Waals surface area contributed by atoms with Crippen molar-refractivity contribution >= 4 is 17.7 Å². The largest absolute Gasteiger partial charge is 0.463 e. The second-order valence-electron chi connectivity index (χ2n) is 11.6. The van der Waals surface area contributed by atoms with Crippen molar-refractivity contribution in [3.8, 4) is 0 Å². The predicted molar refractivity (Wildman–Crippen MR) is 115 cm³/mol.